The number of hydrogen-bond donors (Lipinski definition) is 0. The molecule has 0 saturated carbocycles. The monoisotopic (exact) mass is 209 g/mol. The summed E-state index contributed by atoms with van der Waals surface area (Å²) < 4.78 is 0. The highest BCUT2D eigenvalue weighted by Crippen LogP contribution is 2.34. The lowest BCUT2D eigenvalue weighted by molar-refractivity contribution is 0.220. The highest BCUT2D eigenvalue weighted by atomic mass is 15.1. The van der Waals surface area contributed by atoms with Crippen molar-refractivity contribution in [3.8, 4) is 0 Å². The van der Waals surface area contributed by atoms with Crippen molar-refractivity contribution < 1.29 is 0 Å². The first kappa shape index (κ1) is 12.8. The topological polar surface area (TPSA) is 3.24 Å². The average Bonchev–Trinajstić information content (AvgIpc) is 2.17. The van der Waals surface area contributed by atoms with Crippen molar-refractivity contribution in [1.29, 1.82) is 0 Å². The maximum absolute atomic E-state index is 2.52. The van der Waals surface area contributed by atoms with E-state index < -0.39 is 0 Å². The van der Waals surface area contributed by atoms with Crippen LogP contribution in [0.25, 0.3) is 0 Å². The predicted octanol–water partition coefficient (Wildman–Crippen LogP) is 3.85. The number of nitrogens with zero attached hydrogens (tertiary/aromatic N) is 1. The minimum Gasteiger partial charge on any atom is -0.303 e. The van der Waals surface area contributed by atoms with Crippen LogP contribution in [0.5, 0.6) is 0 Å². The molecule has 1 aliphatic rings. The zero-order chi connectivity index (χ0) is 11.5. The normalized spacial score (nSPS) is 23.1. The summed E-state index contributed by atoms with van der Waals surface area (Å²) in [6.07, 6.45) is 7.65. The van der Waals surface area contributed by atoms with E-state index >= 15 is 0 Å². The SMILES string of the molecule is CCCN(C)C1CC=C(C(C)(C)C)CC1. The van der Waals surface area contributed by atoms with Gasteiger partial charge in [0.1, 0.15) is 0 Å². The summed E-state index contributed by atoms with van der Waals surface area (Å²) in [4.78, 5) is 2.52. The van der Waals surface area contributed by atoms with Crippen LogP contribution >= 0.6 is 0 Å². The molecule has 0 bridgehead atoms. The molecule has 1 aliphatic carbocycles. The fourth-order valence-electron chi connectivity index (χ4n) is 2.44. The molecule has 1 atom stereocenters. The van der Waals surface area contributed by atoms with E-state index in [1.54, 1.807) is 5.57 Å². The molecule has 1 nitrogen and oxygen atoms in total. The van der Waals surface area contributed by atoms with Crippen LogP contribution in [0.15, 0.2) is 11.6 Å². The Morgan fingerprint density at radius 3 is 2.47 bits per heavy atom. The molecule has 1 unspecified atom stereocenters. The number of hydrogen-bond acceptors (Lipinski definition) is 1. The highest BCUT2D eigenvalue weighted by Gasteiger charge is 2.23. The van der Waals surface area contributed by atoms with E-state index in [0.29, 0.717) is 5.41 Å². The van der Waals surface area contributed by atoms with E-state index in [9.17, 15) is 0 Å². The second-order valence-corrected chi connectivity index (χ2v) is 5.89. The van der Waals surface area contributed by atoms with Crippen molar-refractivity contribution in [1.82, 2.24) is 4.90 Å². The van der Waals surface area contributed by atoms with Gasteiger partial charge in [-0.1, -0.05) is 39.3 Å². The molecular formula is C14H27N. The minimum absolute atomic E-state index is 0.383. The highest BCUT2D eigenvalue weighted by molar-refractivity contribution is 5.14. The first-order valence-corrected chi connectivity index (χ1v) is 6.35. The average molecular weight is 209 g/mol. The number of allylic oxidation sites excluding steroid dienone is 1. The maximum Gasteiger partial charge on any atom is 0.0130 e. The number of rotatable bonds is 3. The Morgan fingerprint density at radius 1 is 1.40 bits per heavy atom. The molecule has 0 N–H and O–H groups in total. The Hall–Kier alpha value is -0.300. The van der Waals surface area contributed by atoms with Crippen molar-refractivity contribution in [2.45, 2.75) is 59.4 Å². The van der Waals surface area contributed by atoms with Crippen molar-refractivity contribution >= 4 is 0 Å². The van der Waals surface area contributed by atoms with E-state index in [0.717, 1.165) is 6.04 Å². The standard InChI is InChI=1S/C14H27N/c1-6-11-15(5)13-9-7-12(8-10-13)14(2,3)4/h7,13H,6,8-11H2,1-5H3. The molecule has 0 aromatic heterocycles. The largest absolute Gasteiger partial charge is 0.303 e. The van der Waals surface area contributed by atoms with Gasteiger partial charge in [-0.2, -0.15) is 0 Å². The molecule has 1 heteroatoms. The lowest BCUT2D eigenvalue weighted by Gasteiger charge is -2.34. The Kier molecular flexibility index (Phi) is 4.39. The van der Waals surface area contributed by atoms with Crippen LogP contribution in [0.4, 0.5) is 0 Å². The summed E-state index contributed by atoms with van der Waals surface area (Å²) in [7, 11) is 2.27. The lowest BCUT2D eigenvalue weighted by Crippen LogP contribution is -2.34. The Bertz CT molecular complexity index is 222. The Labute approximate surface area is 95.5 Å². The third-order valence-corrected chi connectivity index (χ3v) is 3.55. The van der Waals surface area contributed by atoms with E-state index in [-0.39, 0.29) is 0 Å². The second-order valence-electron chi connectivity index (χ2n) is 5.89. The zero-order valence-electron chi connectivity index (χ0n) is 11.1. The van der Waals surface area contributed by atoms with Crippen LogP contribution in [0.2, 0.25) is 0 Å². The summed E-state index contributed by atoms with van der Waals surface area (Å²) in [6, 6.07) is 0.788. The molecule has 0 radical (unpaired) electrons. The molecule has 0 aromatic carbocycles. The summed E-state index contributed by atoms with van der Waals surface area (Å²) in [5, 5.41) is 0. The fourth-order valence-corrected chi connectivity index (χ4v) is 2.44. The fraction of sp³-hybridized carbons (Fsp3) is 0.857. The summed E-state index contributed by atoms with van der Waals surface area (Å²) >= 11 is 0. The molecule has 0 heterocycles. The Morgan fingerprint density at radius 2 is 2.07 bits per heavy atom. The molecule has 0 amide bonds. The molecule has 0 saturated heterocycles. The predicted molar refractivity (Wildman–Crippen MR) is 68.1 cm³/mol. The van der Waals surface area contributed by atoms with Gasteiger partial charge in [0.2, 0.25) is 0 Å². The third-order valence-electron chi connectivity index (χ3n) is 3.55. The maximum atomic E-state index is 2.52. The molecule has 88 valence electrons. The first-order chi connectivity index (χ1) is 6.95. The quantitative estimate of drug-likeness (QED) is 0.638. The Balaban J connectivity index is 2.51. The van der Waals surface area contributed by atoms with Crippen LogP contribution in [-0.2, 0) is 0 Å². The van der Waals surface area contributed by atoms with Crippen molar-refractivity contribution in [2.24, 2.45) is 5.41 Å². The summed E-state index contributed by atoms with van der Waals surface area (Å²) in [5.74, 6) is 0. The van der Waals surface area contributed by atoms with E-state index in [1.165, 1.54) is 32.2 Å². The molecule has 15 heavy (non-hydrogen) atoms. The van der Waals surface area contributed by atoms with Crippen LogP contribution in [0.1, 0.15) is 53.4 Å². The van der Waals surface area contributed by atoms with Gasteiger partial charge >= 0.3 is 0 Å². The molecule has 0 fully saturated rings. The second kappa shape index (κ2) is 5.16. The van der Waals surface area contributed by atoms with Gasteiger partial charge in [-0.3, -0.25) is 0 Å². The molecule has 0 spiro atoms. The summed E-state index contributed by atoms with van der Waals surface area (Å²) in [5.41, 5.74) is 2.04. The molecule has 1 rings (SSSR count). The first-order valence-electron chi connectivity index (χ1n) is 6.35. The van der Waals surface area contributed by atoms with Crippen LogP contribution in [-0.4, -0.2) is 24.5 Å². The van der Waals surface area contributed by atoms with Crippen LogP contribution < -0.4 is 0 Å². The van der Waals surface area contributed by atoms with E-state index in [1.807, 2.05) is 0 Å². The van der Waals surface area contributed by atoms with Crippen molar-refractivity contribution in [2.75, 3.05) is 13.6 Å². The van der Waals surface area contributed by atoms with Crippen LogP contribution in [0, 0.1) is 5.41 Å². The van der Waals surface area contributed by atoms with Crippen LogP contribution in [0.3, 0.4) is 0 Å². The van der Waals surface area contributed by atoms with E-state index in [4.69, 9.17) is 0 Å². The summed E-state index contributed by atoms with van der Waals surface area (Å²) in [6.45, 7) is 10.5. The molecule has 0 aliphatic heterocycles. The van der Waals surface area contributed by atoms with Gasteiger partial charge in [0.05, 0.1) is 0 Å². The van der Waals surface area contributed by atoms with E-state index in [2.05, 4.69) is 45.7 Å². The van der Waals surface area contributed by atoms with Gasteiger partial charge in [-0.15, -0.1) is 0 Å². The van der Waals surface area contributed by atoms with Gasteiger partial charge in [-0.05, 0) is 44.7 Å². The van der Waals surface area contributed by atoms with Crippen molar-refractivity contribution in [3.63, 3.8) is 0 Å². The molecule has 0 aromatic rings. The van der Waals surface area contributed by atoms with Gasteiger partial charge in [0.15, 0.2) is 0 Å². The lowest BCUT2D eigenvalue weighted by atomic mass is 9.79. The third kappa shape index (κ3) is 3.64. The smallest absolute Gasteiger partial charge is 0.0130 e. The van der Waals surface area contributed by atoms with Gasteiger partial charge in [0, 0.05) is 6.04 Å². The van der Waals surface area contributed by atoms with Gasteiger partial charge in [-0.25, -0.2) is 0 Å². The zero-order valence-corrected chi connectivity index (χ0v) is 11.1. The molecular weight excluding hydrogens is 182 g/mol. The van der Waals surface area contributed by atoms with Gasteiger partial charge < -0.3 is 4.90 Å². The van der Waals surface area contributed by atoms with Crippen molar-refractivity contribution in [3.05, 3.63) is 11.6 Å². The van der Waals surface area contributed by atoms with Gasteiger partial charge in [0.25, 0.3) is 0 Å². The minimum atomic E-state index is 0.383.